The van der Waals surface area contributed by atoms with Crippen molar-refractivity contribution >= 4 is 22.9 Å². The second-order valence-corrected chi connectivity index (χ2v) is 4.36. The van der Waals surface area contributed by atoms with Crippen LogP contribution < -0.4 is 4.90 Å². The highest BCUT2D eigenvalue weighted by Crippen LogP contribution is 2.24. The molecule has 3 rings (SSSR count). The minimum absolute atomic E-state index is 0.245. The van der Waals surface area contributed by atoms with Gasteiger partial charge >= 0.3 is 0 Å². The summed E-state index contributed by atoms with van der Waals surface area (Å²) in [5.74, 6) is 0.984. The van der Waals surface area contributed by atoms with Crippen LogP contribution in [0.1, 0.15) is 6.42 Å². The Morgan fingerprint density at radius 2 is 2.33 bits per heavy atom. The topological polar surface area (TPSA) is 33.4 Å². The van der Waals surface area contributed by atoms with Crippen molar-refractivity contribution in [2.75, 3.05) is 18.0 Å². The van der Waals surface area contributed by atoms with Crippen molar-refractivity contribution in [3.8, 4) is 0 Å². The highest BCUT2D eigenvalue weighted by Gasteiger charge is 2.22. The van der Waals surface area contributed by atoms with Gasteiger partial charge in [0.25, 0.3) is 0 Å². The summed E-state index contributed by atoms with van der Waals surface area (Å²) < 4.78 is 1.84. The molecule has 4 nitrogen and oxygen atoms in total. The molecule has 3 heterocycles. The molecule has 1 unspecified atom stereocenters. The summed E-state index contributed by atoms with van der Waals surface area (Å²) in [6, 6.07) is 1.98. The van der Waals surface area contributed by atoms with Crippen molar-refractivity contribution in [3.63, 3.8) is 0 Å². The highest BCUT2D eigenvalue weighted by atomic mass is 35.5. The standard InChI is InChI=1S/C10H11ClN4/c11-8-2-5-14(7-8)10-9-1-3-13-15(9)6-4-12-10/h1,3-4,6,8H,2,5,7H2. The predicted octanol–water partition coefficient (Wildman–Crippen LogP) is 1.55. The maximum Gasteiger partial charge on any atom is 0.154 e. The van der Waals surface area contributed by atoms with E-state index in [1.165, 1.54) is 0 Å². The third-order valence-corrected chi connectivity index (χ3v) is 3.09. The van der Waals surface area contributed by atoms with E-state index in [1.807, 2.05) is 16.8 Å². The summed E-state index contributed by atoms with van der Waals surface area (Å²) in [6.07, 6.45) is 6.44. The number of nitrogens with zero attached hydrogens (tertiary/aromatic N) is 4. The second-order valence-electron chi connectivity index (χ2n) is 3.74. The molecule has 78 valence electrons. The van der Waals surface area contributed by atoms with Crippen LogP contribution in [0.5, 0.6) is 0 Å². The first-order valence-electron chi connectivity index (χ1n) is 5.02. The Morgan fingerprint density at radius 1 is 1.40 bits per heavy atom. The molecule has 2 aromatic heterocycles. The molecule has 1 aliphatic rings. The quantitative estimate of drug-likeness (QED) is 0.687. The molecule has 15 heavy (non-hydrogen) atoms. The van der Waals surface area contributed by atoms with Crippen molar-refractivity contribution in [1.29, 1.82) is 0 Å². The fourth-order valence-corrected chi connectivity index (χ4v) is 2.26. The first-order valence-corrected chi connectivity index (χ1v) is 5.45. The summed E-state index contributed by atoms with van der Waals surface area (Å²) >= 11 is 6.09. The number of rotatable bonds is 1. The van der Waals surface area contributed by atoms with Crippen molar-refractivity contribution in [2.24, 2.45) is 0 Å². The van der Waals surface area contributed by atoms with Gasteiger partial charge < -0.3 is 4.90 Å². The van der Waals surface area contributed by atoms with E-state index in [9.17, 15) is 0 Å². The Morgan fingerprint density at radius 3 is 3.13 bits per heavy atom. The van der Waals surface area contributed by atoms with Crippen LogP contribution in [0, 0.1) is 0 Å². The Balaban J connectivity index is 2.06. The average Bonchev–Trinajstić information content (AvgIpc) is 2.84. The van der Waals surface area contributed by atoms with Crippen LogP contribution >= 0.6 is 11.6 Å². The average molecular weight is 223 g/mol. The number of halogens is 1. The maximum absolute atomic E-state index is 6.09. The largest absolute Gasteiger partial charge is 0.353 e. The zero-order valence-corrected chi connectivity index (χ0v) is 8.93. The third kappa shape index (κ3) is 1.45. The molecule has 0 aromatic carbocycles. The minimum atomic E-state index is 0.245. The molecule has 1 fully saturated rings. The lowest BCUT2D eigenvalue weighted by Crippen LogP contribution is -2.21. The van der Waals surface area contributed by atoms with Crippen molar-refractivity contribution in [1.82, 2.24) is 14.6 Å². The summed E-state index contributed by atoms with van der Waals surface area (Å²) in [5.41, 5.74) is 1.04. The molecular formula is C10H11ClN4. The zero-order valence-electron chi connectivity index (χ0n) is 8.17. The van der Waals surface area contributed by atoms with Gasteiger partial charge in [0, 0.05) is 25.5 Å². The Hall–Kier alpha value is -1.29. The van der Waals surface area contributed by atoms with Gasteiger partial charge in [0.15, 0.2) is 5.82 Å². The van der Waals surface area contributed by atoms with Gasteiger partial charge in [-0.05, 0) is 12.5 Å². The van der Waals surface area contributed by atoms with Crippen LogP contribution in [0.2, 0.25) is 0 Å². The first kappa shape index (κ1) is 8.97. The molecule has 0 aliphatic carbocycles. The van der Waals surface area contributed by atoms with Gasteiger partial charge in [-0.3, -0.25) is 0 Å². The highest BCUT2D eigenvalue weighted by molar-refractivity contribution is 6.21. The molecule has 1 saturated heterocycles. The van der Waals surface area contributed by atoms with Gasteiger partial charge in [-0.15, -0.1) is 11.6 Å². The minimum Gasteiger partial charge on any atom is -0.353 e. The lowest BCUT2D eigenvalue weighted by Gasteiger charge is -2.16. The number of hydrogen-bond acceptors (Lipinski definition) is 3. The van der Waals surface area contributed by atoms with Gasteiger partial charge in [-0.1, -0.05) is 0 Å². The molecule has 1 atom stereocenters. The van der Waals surface area contributed by atoms with E-state index in [0.29, 0.717) is 0 Å². The molecule has 0 spiro atoms. The SMILES string of the molecule is ClC1CCN(c2nccn3nccc23)C1. The predicted molar refractivity (Wildman–Crippen MR) is 59.5 cm³/mol. The molecule has 0 amide bonds. The lowest BCUT2D eigenvalue weighted by atomic mass is 10.4. The number of anilines is 1. The second kappa shape index (κ2) is 3.38. The summed E-state index contributed by atoms with van der Waals surface area (Å²) in [5, 5.41) is 4.43. The molecule has 2 aromatic rings. The van der Waals surface area contributed by atoms with Gasteiger partial charge in [-0.25, -0.2) is 9.50 Å². The maximum atomic E-state index is 6.09. The Kier molecular flexibility index (Phi) is 2.02. The van der Waals surface area contributed by atoms with Crippen molar-refractivity contribution < 1.29 is 0 Å². The monoisotopic (exact) mass is 222 g/mol. The van der Waals surface area contributed by atoms with E-state index in [0.717, 1.165) is 30.8 Å². The molecule has 0 bridgehead atoms. The Bertz CT molecular complexity index is 481. The molecule has 1 aliphatic heterocycles. The Labute approximate surface area is 92.5 Å². The lowest BCUT2D eigenvalue weighted by molar-refractivity contribution is 0.899. The molecular weight excluding hydrogens is 212 g/mol. The van der Waals surface area contributed by atoms with E-state index >= 15 is 0 Å². The number of aromatic nitrogens is 3. The van der Waals surface area contributed by atoms with E-state index in [1.54, 1.807) is 12.4 Å². The van der Waals surface area contributed by atoms with Crippen LogP contribution in [-0.4, -0.2) is 33.1 Å². The van der Waals surface area contributed by atoms with Gasteiger partial charge in [0.2, 0.25) is 0 Å². The van der Waals surface area contributed by atoms with E-state index < -0.39 is 0 Å². The molecule has 5 heteroatoms. The zero-order chi connectivity index (χ0) is 10.3. The number of hydrogen-bond donors (Lipinski definition) is 0. The van der Waals surface area contributed by atoms with Gasteiger partial charge in [0.1, 0.15) is 5.52 Å². The van der Waals surface area contributed by atoms with Crippen LogP contribution in [0.3, 0.4) is 0 Å². The summed E-state index contributed by atoms with van der Waals surface area (Å²) in [6.45, 7) is 1.85. The van der Waals surface area contributed by atoms with Crippen molar-refractivity contribution in [2.45, 2.75) is 11.8 Å². The summed E-state index contributed by atoms with van der Waals surface area (Å²) in [7, 11) is 0. The normalized spacial score (nSPS) is 21.4. The fourth-order valence-electron chi connectivity index (χ4n) is 2.00. The van der Waals surface area contributed by atoms with Gasteiger partial charge in [0.05, 0.1) is 11.6 Å². The fraction of sp³-hybridized carbons (Fsp3) is 0.400. The first-order chi connectivity index (χ1) is 7.34. The van der Waals surface area contributed by atoms with Crippen LogP contribution in [-0.2, 0) is 0 Å². The molecule has 0 radical (unpaired) electrons. The van der Waals surface area contributed by atoms with Crippen LogP contribution in [0.25, 0.3) is 5.52 Å². The smallest absolute Gasteiger partial charge is 0.154 e. The van der Waals surface area contributed by atoms with Gasteiger partial charge in [-0.2, -0.15) is 5.10 Å². The van der Waals surface area contributed by atoms with Crippen LogP contribution in [0.15, 0.2) is 24.7 Å². The number of alkyl halides is 1. The summed E-state index contributed by atoms with van der Waals surface area (Å²) in [4.78, 5) is 6.62. The molecule has 0 N–H and O–H groups in total. The molecule has 0 saturated carbocycles. The number of fused-ring (bicyclic) bond motifs is 1. The van der Waals surface area contributed by atoms with Crippen molar-refractivity contribution in [3.05, 3.63) is 24.7 Å². The van der Waals surface area contributed by atoms with Crippen LogP contribution in [0.4, 0.5) is 5.82 Å². The third-order valence-electron chi connectivity index (χ3n) is 2.73. The van der Waals surface area contributed by atoms with E-state index in [-0.39, 0.29) is 5.38 Å². The van der Waals surface area contributed by atoms with E-state index in [4.69, 9.17) is 11.6 Å². The van der Waals surface area contributed by atoms with E-state index in [2.05, 4.69) is 15.0 Å².